The zero-order valence-electron chi connectivity index (χ0n) is 26.4. The number of piperazine rings is 1. The lowest BCUT2D eigenvalue weighted by atomic mass is 9.85. The van der Waals surface area contributed by atoms with Crippen LogP contribution >= 0.6 is 11.6 Å². The zero-order valence-corrected chi connectivity index (χ0v) is 27.2. The first-order valence-electron chi connectivity index (χ1n) is 16.8. The lowest BCUT2D eigenvalue weighted by Gasteiger charge is -2.41. The summed E-state index contributed by atoms with van der Waals surface area (Å²) >= 11 is 6.15. The molecule has 2 N–H and O–H groups in total. The number of benzene rings is 3. The van der Waals surface area contributed by atoms with Gasteiger partial charge in [0.05, 0.1) is 19.3 Å². The van der Waals surface area contributed by atoms with E-state index in [1.807, 2.05) is 41.3 Å². The van der Waals surface area contributed by atoms with Crippen LogP contribution in [0.2, 0.25) is 5.02 Å². The number of amides is 2. The molecule has 3 aromatic rings. The third-order valence-electron chi connectivity index (χ3n) is 10.3. The second-order valence-electron chi connectivity index (χ2n) is 13.1. The van der Waals surface area contributed by atoms with E-state index in [4.69, 9.17) is 16.3 Å². The van der Waals surface area contributed by atoms with Gasteiger partial charge in [0, 0.05) is 69.0 Å². The number of rotatable bonds is 7. The molecule has 3 aromatic carbocycles. The van der Waals surface area contributed by atoms with E-state index in [2.05, 4.69) is 50.8 Å². The summed E-state index contributed by atoms with van der Waals surface area (Å²) in [5.74, 6) is -0.159. The summed E-state index contributed by atoms with van der Waals surface area (Å²) < 4.78 is 5.61. The van der Waals surface area contributed by atoms with Crippen LogP contribution in [0.3, 0.4) is 0 Å². The number of anilines is 1. The molecular weight excluding hydrogens is 598 g/mol. The predicted molar refractivity (Wildman–Crippen MR) is 181 cm³/mol. The highest BCUT2D eigenvalue weighted by Crippen LogP contribution is 2.33. The number of fused-ring (bicyclic) bond motifs is 2. The summed E-state index contributed by atoms with van der Waals surface area (Å²) in [5, 5.41) is 7.17. The molecule has 9 heteroatoms. The van der Waals surface area contributed by atoms with Crippen LogP contribution in [0.25, 0.3) is 0 Å². The molecule has 242 valence electrons. The largest absolute Gasteiger partial charge is 0.379 e. The predicted octanol–water partition coefficient (Wildman–Crippen LogP) is 3.62. The van der Waals surface area contributed by atoms with Gasteiger partial charge in [-0.3, -0.25) is 14.5 Å². The third-order valence-corrected chi connectivity index (χ3v) is 10.5. The van der Waals surface area contributed by atoms with Crippen molar-refractivity contribution in [3.8, 4) is 0 Å². The summed E-state index contributed by atoms with van der Waals surface area (Å²) in [4.78, 5) is 34.7. The molecule has 0 aromatic heterocycles. The molecule has 8 nitrogen and oxygen atoms in total. The number of hydrogen-bond acceptors (Lipinski definition) is 6. The van der Waals surface area contributed by atoms with Gasteiger partial charge in [-0.05, 0) is 71.7 Å². The van der Waals surface area contributed by atoms with Crippen LogP contribution in [0.5, 0.6) is 0 Å². The Kier molecular flexibility index (Phi) is 9.58. The fourth-order valence-electron chi connectivity index (χ4n) is 7.66. The van der Waals surface area contributed by atoms with Crippen molar-refractivity contribution in [2.24, 2.45) is 0 Å². The zero-order chi connectivity index (χ0) is 31.5. The van der Waals surface area contributed by atoms with Crippen LogP contribution in [0.4, 0.5) is 5.69 Å². The Morgan fingerprint density at radius 2 is 1.61 bits per heavy atom. The van der Waals surface area contributed by atoms with Gasteiger partial charge in [0.2, 0.25) is 11.8 Å². The Morgan fingerprint density at radius 3 is 2.39 bits per heavy atom. The van der Waals surface area contributed by atoms with Crippen LogP contribution < -0.4 is 15.5 Å². The van der Waals surface area contributed by atoms with Crippen molar-refractivity contribution in [3.63, 3.8) is 0 Å². The van der Waals surface area contributed by atoms with Gasteiger partial charge in [-0.15, -0.1) is 0 Å². The molecule has 0 bridgehead atoms. The van der Waals surface area contributed by atoms with Gasteiger partial charge in [-0.1, -0.05) is 60.1 Å². The first kappa shape index (κ1) is 31.2. The Bertz CT molecular complexity index is 1530. The molecule has 2 fully saturated rings. The summed E-state index contributed by atoms with van der Waals surface area (Å²) in [6.45, 7) is 7.11. The first-order chi connectivity index (χ1) is 22.5. The molecule has 0 spiro atoms. The van der Waals surface area contributed by atoms with Gasteiger partial charge in [-0.2, -0.15) is 0 Å². The summed E-state index contributed by atoms with van der Waals surface area (Å²) in [5.41, 5.74) is 7.61. The molecule has 3 atom stereocenters. The highest BCUT2D eigenvalue weighted by molar-refractivity contribution is 6.30. The molecular formula is C37H44ClN5O3. The average molecular weight is 642 g/mol. The number of hydrogen-bond donors (Lipinski definition) is 2. The topological polar surface area (TPSA) is 77.2 Å². The fraction of sp³-hybridized carbons (Fsp3) is 0.459. The molecule has 1 aliphatic carbocycles. The molecule has 3 aliphatic heterocycles. The van der Waals surface area contributed by atoms with Crippen molar-refractivity contribution in [2.75, 3.05) is 57.4 Å². The number of halogens is 1. The second-order valence-corrected chi connectivity index (χ2v) is 13.5. The maximum absolute atomic E-state index is 14.1. The molecule has 0 saturated carbocycles. The summed E-state index contributed by atoms with van der Waals surface area (Å²) in [6.07, 6.45) is 4.40. The number of nitrogens with zero attached hydrogens (tertiary/aromatic N) is 3. The van der Waals surface area contributed by atoms with E-state index in [-0.39, 0.29) is 17.9 Å². The summed E-state index contributed by atoms with van der Waals surface area (Å²) in [7, 11) is 0. The Morgan fingerprint density at radius 1 is 0.870 bits per heavy atom. The highest BCUT2D eigenvalue weighted by Gasteiger charge is 2.33. The second kappa shape index (κ2) is 14.1. The lowest BCUT2D eigenvalue weighted by Crippen LogP contribution is -2.58. The van der Waals surface area contributed by atoms with Crippen LogP contribution in [-0.2, 0) is 46.6 Å². The summed E-state index contributed by atoms with van der Waals surface area (Å²) in [6, 6.07) is 22.0. The van der Waals surface area contributed by atoms with Crippen molar-refractivity contribution in [1.82, 2.24) is 20.4 Å². The van der Waals surface area contributed by atoms with Crippen molar-refractivity contribution < 1.29 is 14.3 Å². The molecule has 2 saturated heterocycles. The highest BCUT2D eigenvalue weighted by atomic mass is 35.5. The molecule has 7 rings (SSSR count). The monoisotopic (exact) mass is 641 g/mol. The van der Waals surface area contributed by atoms with E-state index in [0.29, 0.717) is 43.5 Å². The van der Waals surface area contributed by atoms with E-state index in [1.54, 1.807) is 0 Å². The van der Waals surface area contributed by atoms with E-state index in [1.165, 1.54) is 34.4 Å². The van der Waals surface area contributed by atoms with Crippen molar-refractivity contribution in [1.29, 1.82) is 0 Å². The number of nitrogens with one attached hydrogen (secondary N) is 2. The normalized spacial score (nSPS) is 22.5. The number of carbonyl (C=O) groups excluding carboxylic acids is 2. The minimum atomic E-state index is -0.655. The van der Waals surface area contributed by atoms with E-state index < -0.39 is 6.04 Å². The van der Waals surface area contributed by atoms with Gasteiger partial charge in [0.25, 0.3) is 0 Å². The van der Waals surface area contributed by atoms with Crippen molar-refractivity contribution in [3.05, 3.63) is 99.6 Å². The minimum absolute atomic E-state index is 0.0263. The number of carbonyl (C=O) groups is 2. The lowest BCUT2D eigenvalue weighted by molar-refractivity contribution is -0.137. The number of aryl methyl sites for hydroxylation is 1. The van der Waals surface area contributed by atoms with Gasteiger partial charge in [-0.25, -0.2) is 0 Å². The number of morpholine rings is 1. The Balaban J connectivity index is 1.03. The first-order valence-corrected chi connectivity index (χ1v) is 17.2. The molecule has 46 heavy (non-hydrogen) atoms. The van der Waals surface area contributed by atoms with Gasteiger partial charge < -0.3 is 25.2 Å². The van der Waals surface area contributed by atoms with Crippen LogP contribution in [0.1, 0.15) is 34.2 Å². The maximum atomic E-state index is 14.1. The molecule has 4 aliphatic rings. The molecule has 3 heterocycles. The Labute approximate surface area is 277 Å². The smallest absolute Gasteiger partial charge is 0.245 e. The average Bonchev–Trinajstić information content (AvgIpc) is 3.11. The fourth-order valence-corrected chi connectivity index (χ4v) is 7.78. The van der Waals surface area contributed by atoms with Gasteiger partial charge >= 0.3 is 0 Å². The minimum Gasteiger partial charge on any atom is -0.379 e. The van der Waals surface area contributed by atoms with Crippen LogP contribution in [-0.4, -0.2) is 92.2 Å². The number of ether oxygens (including phenoxy) is 1. The van der Waals surface area contributed by atoms with Crippen LogP contribution in [0, 0.1) is 0 Å². The van der Waals surface area contributed by atoms with Crippen molar-refractivity contribution >= 4 is 29.1 Å². The molecule has 2 amide bonds. The maximum Gasteiger partial charge on any atom is 0.245 e. The molecule has 0 radical (unpaired) electrons. The molecule has 1 unspecified atom stereocenters. The van der Waals surface area contributed by atoms with Crippen LogP contribution in [0.15, 0.2) is 66.7 Å². The van der Waals surface area contributed by atoms with Gasteiger partial charge in [0.1, 0.15) is 6.04 Å². The quantitative estimate of drug-likeness (QED) is 0.411. The third kappa shape index (κ3) is 6.95. The standard InChI is InChI=1S/C37H44ClN5O3/c38-30-11-8-26(9-12-30)22-34(40-36(44)33-23-28-4-1-2-5-29(28)25-39-33)37(45)43-16-14-42(15-17-43)35-7-3-6-27-10-13-31(24-32(27)35)41-18-20-46-21-19-41/h1-9,11-12,31,33-34,39H,10,13-25H2,(H,40,44)/t31?,33-,34-/m1/s1. The SMILES string of the molecule is O=C(N[C@H](Cc1ccc(Cl)cc1)C(=O)N1CCN(c2cccc3c2CC(N2CCOCC2)CC3)CC1)[C@H]1Cc2ccccc2CN1. The van der Waals surface area contributed by atoms with Crippen molar-refractivity contribution in [2.45, 2.75) is 56.8 Å². The van der Waals surface area contributed by atoms with E-state index >= 15 is 0 Å². The van der Waals surface area contributed by atoms with E-state index in [9.17, 15) is 9.59 Å². The van der Waals surface area contributed by atoms with E-state index in [0.717, 1.165) is 57.8 Å². The Hall–Kier alpha value is -3.43. The van der Waals surface area contributed by atoms with Gasteiger partial charge in [0.15, 0.2) is 0 Å².